The second kappa shape index (κ2) is 6.64. The van der Waals surface area contributed by atoms with Crippen molar-refractivity contribution < 1.29 is 9.59 Å². The van der Waals surface area contributed by atoms with Crippen LogP contribution in [0.25, 0.3) is 0 Å². The van der Waals surface area contributed by atoms with E-state index in [1.165, 1.54) is 0 Å². The van der Waals surface area contributed by atoms with E-state index in [9.17, 15) is 9.59 Å². The molecule has 0 N–H and O–H groups in total. The van der Waals surface area contributed by atoms with Crippen molar-refractivity contribution >= 4 is 23.6 Å². The van der Waals surface area contributed by atoms with E-state index >= 15 is 0 Å². The minimum absolute atomic E-state index is 0.196. The van der Waals surface area contributed by atoms with Crippen molar-refractivity contribution in [1.29, 1.82) is 0 Å². The van der Waals surface area contributed by atoms with Gasteiger partial charge in [0, 0.05) is 33.1 Å². The quantitative estimate of drug-likeness (QED) is 0.788. The molecule has 1 unspecified atom stereocenters. The molecule has 0 aromatic heterocycles. The number of carbonyl (C=O) groups excluding carboxylic acids is 2. The van der Waals surface area contributed by atoms with Gasteiger partial charge in [0.2, 0.25) is 11.8 Å². The van der Waals surface area contributed by atoms with E-state index in [1.54, 1.807) is 18.7 Å². The molecule has 0 saturated carbocycles. The molecule has 2 aliphatic heterocycles. The molecule has 2 saturated heterocycles. The maximum absolute atomic E-state index is 11.9. The molecule has 4 nitrogen and oxygen atoms in total. The van der Waals surface area contributed by atoms with Gasteiger partial charge in [-0.25, -0.2) is 0 Å². The van der Waals surface area contributed by atoms with Crippen LogP contribution in [0, 0.1) is 11.8 Å². The van der Waals surface area contributed by atoms with Gasteiger partial charge < -0.3 is 9.80 Å². The fourth-order valence-corrected chi connectivity index (χ4v) is 3.73. The van der Waals surface area contributed by atoms with Crippen LogP contribution < -0.4 is 0 Å². The van der Waals surface area contributed by atoms with Crippen LogP contribution in [0.1, 0.15) is 26.2 Å². The molecular weight excluding hydrogens is 260 g/mol. The maximum Gasteiger partial charge on any atom is 0.232 e. The monoisotopic (exact) mass is 284 g/mol. The van der Waals surface area contributed by atoms with Crippen LogP contribution in [-0.2, 0) is 9.59 Å². The summed E-state index contributed by atoms with van der Waals surface area (Å²) in [6, 6.07) is 0. The lowest BCUT2D eigenvalue weighted by Gasteiger charge is -2.34. The highest BCUT2D eigenvalue weighted by molar-refractivity contribution is 7.99. The Morgan fingerprint density at radius 1 is 1.05 bits per heavy atom. The van der Waals surface area contributed by atoms with Crippen LogP contribution in [-0.4, -0.2) is 59.8 Å². The van der Waals surface area contributed by atoms with Crippen LogP contribution in [0.3, 0.4) is 0 Å². The van der Waals surface area contributed by atoms with Gasteiger partial charge >= 0.3 is 0 Å². The largest absolute Gasteiger partial charge is 0.343 e. The summed E-state index contributed by atoms with van der Waals surface area (Å²) in [6.07, 6.45) is 5.33. The predicted molar refractivity (Wildman–Crippen MR) is 78.0 cm³/mol. The third kappa shape index (κ3) is 3.65. The molecule has 0 radical (unpaired) electrons. The maximum atomic E-state index is 11.9. The van der Waals surface area contributed by atoms with Gasteiger partial charge in [0.15, 0.2) is 0 Å². The minimum atomic E-state index is 0.196. The normalized spacial score (nSPS) is 24.8. The summed E-state index contributed by atoms with van der Waals surface area (Å²) in [5, 5.41) is 0. The fourth-order valence-electron chi connectivity index (χ4n) is 3.30. The number of thioether (sulfide) groups is 1. The van der Waals surface area contributed by atoms with Crippen LogP contribution in [0.4, 0.5) is 0 Å². The lowest BCUT2D eigenvalue weighted by atomic mass is 9.84. The topological polar surface area (TPSA) is 40.6 Å². The first-order valence-electron chi connectivity index (χ1n) is 7.14. The number of nitrogens with zero attached hydrogens (tertiary/aromatic N) is 2. The van der Waals surface area contributed by atoms with Crippen molar-refractivity contribution in [3.63, 3.8) is 0 Å². The van der Waals surface area contributed by atoms with Gasteiger partial charge in [0.25, 0.3) is 0 Å². The number of hydrogen-bond acceptors (Lipinski definition) is 3. The van der Waals surface area contributed by atoms with E-state index in [0.717, 1.165) is 45.4 Å². The summed E-state index contributed by atoms with van der Waals surface area (Å²) >= 11 is 1.60. The zero-order chi connectivity index (χ0) is 13.8. The molecule has 0 bridgehead atoms. The molecule has 0 spiro atoms. The highest BCUT2D eigenvalue weighted by atomic mass is 32.2. The molecule has 0 aliphatic carbocycles. The molecule has 2 amide bonds. The van der Waals surface area contributed by atoms with Crippen molar-refractivity contribution in [2.75, 3.05) is 38.2 Å². The van der Waals surface area contributed by atoms with Crippen molar-refractivity contribution in [3.05, 3.63) is 0 Å². The van der Waals surface area contributed by atoms with E-state index in [4.69, 9.17) is 0 Å². The predicted octanol–water partition coefficient (Wildman–Crippen LogP) is 1.46. The van der Waals surface area contributed by atoms with Gasteiger partial charge in [-0.05, 0) is 37.4 Å². The number of rotatable bonds is 3. The molecule has 2 rings (SSSR count). The van der Waals surface area contributed by atoms with Crippen LogP contribution in [0.5, 0.6) is 0 Å². The van der Waals surface area contributed by atoms with E-state index in [1.807, 2.05) is 16.1 Å². The van der Waals surface area contributed by atoms with Gasteiger partial charge in [-0.3, -0.25) is 9.59 Å². The molecule has 2 heterocycles. The summed E-state index contributed by atoms with van der Waals surface area (Å²) in [4.78, 5) is 27.2. The molecule has 108 valence electrons. The standard InChI is InChI=1S/C14H24N2O2S/c1-11(17)15-6-3-12(4-7-15)13-5-8-16(9-13)14(18)10-19-2/h12-13H,3-10H2,1-2H3. The molecule has 5 heteroatoms. The fraction of sp³-hybridized carbons (Fsp3) is 0.857. The molecular formula is C14H24N2O2S. The Morgan fingerprint density at radius 3 is 2.21 bits per heavy atom. The van der Waals surface area contributed by atoms with Crippen LogP contribution in [0.2, 0.25) is 0 Å². The lowest BCUT2D eigenvalue weighted by Crippen LogP contribution is -2.39. The highest BCUT2D eigenvalue weighted by Gasteiger charge is 2.33. The number of likely N-dealkylation sites (tertiary alicyclic amines) is 2. The first-order chi connectivity index (χ1) is 9.11. The first-order valence-corrected chi connectivity index (χ1v) is 8.53. The molecule has 19 heavy (non-hydrogen) atoms. The molecule has 0 aromatic rings. The van der Waals surface area contributed by atoms with E-state index in [-0.39, 0.29) is 11.8 Å². The van der Waals surface area contributed by atoms with Crippen molar-refractivity contribution in [1.82, 2.24) is 9.80 Å². The van der Waals surface area contributed by atoms with Crippen molar-refractivity contribution in [3.8, 4) is 0 Å². The van der Waals surface area contributed by atoms with Gasteiger partial charge in [-0.2, -0.15) is 11.8 Å². The minimum Gasteiger partial charge on any atom is -0.343 e. The second-order valence-corrected chi connectivity index (χ2v) is 6.53. The Hall–Kier alpha value is -0.710. The highest BCUT2D eigenvalue weighted by Crippen LogP contribution is 2.32. The third-order valence-electron chi connectivity index (χ3n) is 4.50. The molecule has 2 fully saturated rings. The average Bonchev–Trinajstić information content (AvgIpc) is 2.89. The lowest BCUT2D eigenvalue weighted by molar-refractivity contribution is -0.130. The molecule has 1 atom stereocenters. The zero-order valence-corrected chi connectivity index (χ0v) is 12.7. The second-order valence-electron chi connectivity index (χ2n) is 5.67. The summed E-state index contributed by atoms with van der Waals surface area (Å²) < 4.78 is 0. The summed E-state index contributed by atoms with van der Waals surface area (Å²) in [5.74, 6) is 2.44. The Kier molecular flexibility index (Phi) is 5.13. The molecule has 0 aromatic carbocycles. The molecule has 2 aliphatic rings. The van der Waals surface area contributed by atoms with Crippen molar-refractivity contribution in [2.45, 2.75) is 26.2 Å². The average molecular weight is 284 g/mol. The SMILES string of the molecule is CSCC(=O)N1CCC(C2CCN(C(C)=O)CC2)C1. The third-order valence-corrected chi connectivity index (χ3v) is 5.03. The zero-order valence-electron chi connectivity index (χ0n) is 11.9. The van der Waals surface area contributed by atoms with Crippen LogP contribution in [0.15, 0.2) is 0 Å². The number of amides is 2. The Bertz CT molecular complexity index is 340. The summed E-state index contributed by atoms with van der Waals surface area (Å²) in [5.41, 5.74) is 0. The summed E-state index contributed by atoms with van der Waals surface area (Å²) in [6.45, 7) is 5.31. The first kappa shape index (κ1) is 14.7. The van der Waals surface area contributed by atoms with E-state index < -0.39 is 0 Å². The van der Waals surface area contributed by atoms with Gasteiger partial charge in [0.1, 0.15) is 0 Å². The van der Waals surface area contributed by atoms with E-state index in [0.29, 0.717) is 17.6 Å². The van der Waals surface area contributed by atoms with Gasteiger partial charge in [-0.1, -0.05) is 0 Å². The Morgan fingerprint density at radius 2 is 1.63 bits per heavy atom. The van der Waals surface area contributed by atoms with E-state index in [2.05, 4.69) is 0 Å². The van der Waals surface area contributed by atoms with Gasteiger partial charge in [-0.15, -0.1) is 0 Å². The Labute approximate surface area is 119 Å². The van der Waals surface area contributed by atoms with Crippen LogP contribution >= 0.6 is 11.8 Å². The summed E-state index contributed by atoms with van der Waals surface area (Å²) in [7, 11) is 0. The Balaban J connectivity index is 1.79. The number of carbonyl (C=O) groups is 2. The number of piperidine rings is 1. The smallest absolute Gasteiger partial charge is 0.232 e. The number of hydrogen-bond donors (Lipinski definition) is 0. The van der Waals surface area contributed by atoms with Crippen molar-refractivity contribution in [2.24, 2.45) is 11.8 Å². The van der Waals surface area contributed by atoms with Gasteiger partial charge in [0.05, 0.1) is 5.75 Å².